The van der Waals surface area contributed by atoms with Gasteiger partial charge in [0.2, 0.25) is 5.91 Å². The number of para-hydroxylation sites is 2. The molecule has 3 aromatic rings. The van der Waals surface area contributed by atoms with E-state index in [9.17, 15) is 9.59 Å². The summed E-state index contributed by atoms with van der Waals surface area (Å²) in [7, 11) is 0. The normalized spacial score (nSPS) is 12.0. The number of imidazole rings is 1. The Hall–Kier alpha value is -3.35. The Kier molecular flexibility index (Phi) is 6.84. The van der Waals surface area contributed by atoms with Crippen LogP contribution >= 0.6 is 0 Å². The predicted molar refractivity (Wildman–Crippen MR) is 113 cm³/mol. The molecule has 0 spiro atoms. The monoisotopic (exact) mass is 393 g/mol. The van der Waals surface area contributed by atoms with Crippen LogP contribution in [0.5, 0.6) is 0 Å². The van der Waals surface area contributed by atoms with Crippen molar-refractivity contribution in [3.05, 3.63) is 66.0 Å². The van der Waals surface area contributed by atoms with Crippen LogP contribution in [0.1, 0.15) is 25.2 Å². The van der Waals surface area contributed by atoms with Gasteiger partial charge >= 0.3 is 6.03 Å². The maximum absolute atomic E-state index is 12.6. The van der Waals surface area contributed by atoms with Crippen molar-refractivity contribution in [3.8, 4) is 0 Å². The summed E-state index contributed by atoms with van der Waals surface area (Å²) in [6.07, 6.45) is 0.589. The number of aromatic amines is 1. The molecular weight excluding hydrogens is 366 g/mol. The van der Waals surface area contributed by atoms with Crippen molar-refractivity contribution in [2.75, 3.05) is 6.54 Å². The number of carbonyl (C=O) groups is 2. The van der Waals surface area contributed by atoms with Gasteiger partial charge in [-0.15, -0.1) is 0 Å². The number of benzene rings is 2. The van der Waals surface area contributed by atoms with Gasteiger partial charge in [-0.05, 0) is 23.6 Å². The van der Waals surface area contributed by atoms with E-state index in [2.05, 4.69) is 25.9 Å². The smallest absolute Gasteiger partial charge is 0.315 e. The summed E-state index contributed by atoms with van der Waals surface area (Å²) in [5.41, 5.74) is 2.88. The maximum atomic E-state index is 12.6. The zero-order valence-electron chi connectivity index (χ0n) is 16.7. The second kappa shape index (κ2) is 9.73. The van der Waals surface area contributed by atoms with Crippen molar-refractivity contribution in [2.24, 2.45) is 5.92 Å². The van der Waals surface area contributed by atoms with Crippen LogP contribution in [0.2, 0.25) is 0 Å². The van der Waals surface area contributed by atoms with Crippen molar-refractivity contribution in [2.45, 2.75) is 32.9 Å². The molecule has 2 aromatic carbocycles. The molecule has 29 heavy (non-hydrogen) atoms. The van der Waals surface area contributed by atoms with Gasteiger partial charge in [0.25, 0.3) is 0 Å². The Morgan fingerprint density at radius 3 is 2.45 bits per heavy atom. The van der Waals surface area contributed by atoms with Crippen LogP contribution in [-0.2, 0) is 17.8 Å². The minimum Gasteiger partial charge on any atom is -0.354 e. The summed E-state index contributed by atoms with van der Waals surface area (Å²) in [6.45, 7) is 4.66. The number of amides is 3. The molecule has 3 rings (SSSR count). The Morgan fingerprint density at radius 1 is 1.00 bits per heavy atom. The van der Waals surface area contributed by atoms with E-state index in [1.165, 1.54) is 0 Å². The molecule has 0 saturated carbocycles. The zero-order chi connectivity index (χ0) is 20.6. The van der Waals surface area contributed by atoms with E-state index in [1.807, 2.05) is 68.4 Å². The van der Waals surface area contributed by atoms with Gasteiger partial charge in [-0.3, -0.25) is 4.79 Å². The molecule has 0 bridgehead atoms. The highest BCUT2D eigenvalue weighted by molar-refractivity contribution is 5.87. The van der Waals surface area contributed by atoms with E-state index in [0.29, 0.717) is 19.5 Å². The van der Waals surface area contributed by atoms with Gasteiger partial charge < -0.3 is 20.9 Å². The molecule has 4 N–H and O–H groups in total. The number of fused-ring (bicyclic) bond motifs is 1. The number of rotatable bonds is 8. The number of carbonyl (C=O) groups excluding carboxylic acids is 2. The van der Waals surface area contributed by atoms with Gasteiger partial charge in [0.15, 0.2) is 0 Å². The molecule has 0 radical (unpaired) electrons. The van der Waals surface area contributed by atoms with Crippen LogP contribution in [0.25, 0.3) is 11.0 Å². The average molecular weight is 393 g/mol. The third-order valence-corrected chi connectivity index (χ3v) is 4.63. The van der Waals surface area contributed by atoms with Gasteiger partial charge in [-0.25, -0.2) is 9.78 Å². The summed E-state index contributed by atoms with van der Waals surface area (Å²) in [4.78, 5) is 32.5. The Bertz CT molecular complexity index is 919. The van der Waals surface area contributed by atoms with Crippen molar-refractivity contribution < 1.29 is 9.59 Å². The Labute approximate surface area is 170 Å². The van der Waals surface area contributed by atoms with E-state index >= 15 is 0 Å². The lowest BCUT2D eigenvalue weighted by atomic mass is 10.0. The van der Waals surface area contributed by atoms with E-state index < -0.39 is 6.04 Å². The molecular formula is C22H27N5O2. The first-order valence-electron chi connectivity index (χ1n) is 9.82. The van der Waals surface area contributed by atoms with Crippen molar-refractivity contribution in [1.29, 1.82) is 0 Å². The third kappa shape index (κ3) is 5.81. The largest absolute Gasteiger partial charge is 0.354 e. The summed E-state index contributed by atoms with van der Waals surface area (Å²) < 4.78 is 0. The minimum atomic E-state index is -0.610. The van der Waals surface area contributed by atoms with Gasteiger partial charge in [0.05, 0.1) is 11.0 Å². The quantitative estimate of drug-likeness (QED) is 0.474. The number of aromatic nitrogens is 2. The topological polar surface area (TPSA) is 98.9 Å². The molecule has 0 fully saturated rings. The molecule has 152 valence electrons. The average Bonchev–Trinajstić information content (AvgIpc) is 3.13. The minimum absolute atomic E-state index is 0.0383. The van der Waals surface area contributed by atoms with Gasteiger partial charge in [-0.1, -0.05) is 56.3 Å². The van der Waals surface area contributed by atoms with Crippen LogP contribution in [0, 0.1) is 5.92 Å². The van der Waals surface area contributed by atoms with Crippen LogP contribution in [0.3, 0.4) is 0 Å². The summed E-state index contributed by atoms with van der Waals surface area (Å²) in [6, 6.07) is 16.5. The predicted octanol–water partition coefficient (Wildman–Crippen LogP) is 2.75. The van der Waals surface area contributed by atoms with Crippen molar-refractivity contribution in [1.82, 2.24) is 25.9 Å². The fraction of sp³-hybridized carbons (Fsp3) is 0.318. The number of H-pyrrole nitrogens is 1. The fourth-order valence-corrected chi connectivity index (χ4v) is 3.04. The standard InChI is InChI=1S/C22H27N5O2/c1-15(2)20(27-22(29)24-14-16-8-4-3-5-9-16)21(28)23-13-12-19-25-17-10-6-7-11-18(17)26-19/h3-11,15,20H,12-14H2,1-2H3,(H,23,28)(H,25,26)(H2,24,27,29). The van der Waals surface area contributed by atoms with Crippen LogP contribution < -0.4 is 16.0 Å². The SMILES string of the molecule is CC(C)C(NC(=O)NCc1ccccc1)C(=O)NCCc1nc2ccccc2[nH]1. The molecule has 1 heterocycles. The van der Waals surface area contributed by atoms with Crippen LogP contribution in [0.4, 0.5) is 4.79 Å². The molecule has 0 aliphatic heterocycles. The second-order valence-corrected chi connectivity index (χ2v) is 7.28. The van der Waals surface area contributed by atoms with Crippen LogP contribution in [0.15, 0.2) is 54.6 Å². The first-order chi connectivity index (χ1) is 14.0. The van der Waals surface area contributed by atoms with Crippen molar-refractivity contribution in [3.63, 3.8) is 0 Å². The Balaban J connectivity index is 1.47. The van der Waals surface area contributed by atoms with E-state index in [4.69, 9.17) is 0 Å². The lowest BCUT2D eigenvalue weighted by molar-refractivity contribution is -0.123. The van der Waals surface area contributed by atoms with Crippen molar-refractivity contribution >= 4 is 23.0 Å². The zero-order valence-corrected chi connectivity index (χ0v) is 16.7. The Morgan fingerprint density at radius 2 is 1.72 bits per heavy atom. The molecule has 3 amide bonds. The molecule has 0 saturated heterocycles. The first kappa shape index (κ1) is 20.4. The number of hydrogen-bond acceptors (Lipinski definition) is 3. The molecule has 0 aliphatic rings. The molecule has 1 atom stereocenters. The van der Waals surface area contributed by atoms with Crippen LogP contribution in [-0.4, -0.2) is 34.5 Å². The molecule has 1 aromatic heterocycles. The number of nitrogens with one attached hydrogen (secondary N) is 4. The van der Waals surface area contributed by atoms with Gasteiger partial charge in [0, 0.05) is 19.5 Å². The number of nitrogens with zero attached hydrogens (tertiary/aromatic N) is 1. The molecule has 1 unspecified atom stereocenters. The maximum Gasteiger partial charge on any atom is 0.315 e. The van der Waals surface area contributed by atoms with Gasteiger partial charge in [-0.2, -0.15) is 0 Å². The summed E-state index contributed by atoms with van der Waals surface area (Å²) in [5, 5.41) is 8.46. The highest BCUT2D eigenvalue weighted by Gasteiger charge is 2.23. The second-order valence-electron chi connectivity index (χ2n) is 7.28. The van der Waals surface area contributed by atoms with E-state index in [-0.39, 0.29) is 17.9 Å². The summed E-state index contributed by atoms with van der Waals surface area (Å²) >= 11 is 0. The molecule has 7 nitrogen and oxygen atoms in total. The number of urea groups is 1. The lowest BCUT2D eigenvalue weighted by Crippen LogP contribution is -2.52. The highest BCUT2D eigenvalue weighted by Crippen LogP contribution is 2.10. The molecule has 7 heteroatoms. The molecule has 0 aliphatic carbocycles. The first-order valence-corrected chi connectivity index (χ1v) is 9.82. The third-order valence-electron chi connectivity index (χ3n) is 4.63. The van der Waals surface area contributed by atoms with E-state index in [0.717, 1.165) is 22.4 Å². The summed E-state index contributed by atoms with van der Waals surface area (Å²) in [5.74, 6) is 0.579. The fourth-order valence-electron chi connectivity index (χ4n) is 3.04. The number of hydrogen-bond donors (Lipinski definition) is 4. The highest BCUT2D eigenvalue weighted by atomic mass is 16.2. The van der Waals surface area contributed by atoms with Gasteiger partial charge in [0.1, 0.15) is 11.9 Å². The van der Waals surface area contributed by atoms with E-state index in [1.54, 1.807) is 0 Å². The lowest BCUT2D eigenvalue weighted by Gasteiger charge is -2.22.